The summed E-state index contributed by atoms with van der Waals surface area (Å²) in [6.45, 7) is 9.96. The zero-order valence-corrected chi connectivity index (χ0v) is 15.5. The van der Waals surface area contributed by atoms with E-state index < -0.39 is 11.6 Å². The van der Waals surface area contributed by atoms with Gasteiger partial charge in [0.25, 0.3) is 0 Å². The first-order chi connectivity index (χ1) is 11.8. The van der Waals surface area contributed by atoms with Gasteiger partial charge in [-0.2, -0.15) is 0 Å². The molecular weight excluding hydrogens is 320 g/mol. The molecule has 1 aromatic carbocycles. The summed E-state index contributed by atoms with van der Waals surface area (Å²) in [4.78, 5) is 28.4. The third-order valence-corrected chi connectivity index (χ3v) is 3.96. The molecule has 1 unspecified atom stereocenters. The van der Waals surface area contributed by atoms with Crippen molar-refractivity contribution >= 4 is 12.1 Å². The molecule has 1 aromatic rings. The molecule has 0 bridgehead atoms. The van der Waals surface area contributed by atoms with E-state index in [0.29, 0.717) is 32.8 Å². The molecule has 0 spiro atoms. The van der Waals surface area contributed by atoms with E-state index in [4.69, 9.17) is 9.47 Å². The molecule has 1 saturated heterocycles. The Hall–Kier alpha value is -2.08. The molecule has 0 aromatic heterocycles. The third kappa shape index (κ3) is 5.46. The Morgan fingerprint density at radius 2 is 1.68 bits per heavy atom. The second-order valence-electron chi connectivity index (χ2n) is 7.07. The Kier molecular flexibility index (Phi) is 6.42. The van der Waals surface area contributed by atoms with Crippen LogP contribution in [0.2, 0.25) is 0 Å². The maximum Gasteiger partial charge on any atom is 0.410 e. The highest BCUT2D eigenvalue weighted by atomic mass is 16.6. The number of ether oxygens (including phenoxy) is 2. The van der Waals surface area contributed by atoms with Crippen LogP contribution < -0.4 is 0 Å². The van der Waals surface area contributed by atoms with Gasteiger partial charge in [0.1, 0.15) is 11.6 Å². The first kappa shape index (κ1) is 19.2. The van der Waals surface area contributed by atoms with Gasteiger partial charge in [0.15, 0.2) is 0 Å². The van der Waals surface area contributed by atoms with Crippen molar-refractivity contribution in [3.63, 3.8) is 0 Å². The smallest absolute Gasteiger partial charge is 0.410 e. The van der Waals surface area contributed by atoms with Crippen molar-refractivity contribution < 1.29 is 19.1 Å². The van der Waals surface area contributed by atoms with Gasteiger partial charge in [-0.3, -0.25) is 4.90 Å². The van der Waals surface area contributed by atoms with Crippen LogP contribution in [0.15, 0.2) is 30.3 Å². The summed E-state index contributed by atoms with van der Waals surface area (Å²) < 4.78 is 10.7. The normalized spacial score (nSPS) is 17.0. The summed E-state index contributed by atoms with van der Waals surface area (Å²) in [7, 11) is 0. The van der Waals surface area contributed by atoms with Gasteiger partial charge in [0.05, 0.1) is 6.61 Å². The largest absolute Gasteiger partial charge is 0.465 e. The number of nitrogens with zero attached hydrogens (tertiary/aromatic N) is 2. The maximum atomic E-state index is 12.5. The van der Waals surface area contributed by atoms with Crippen LogP contribution in [0.25, 0.3) is 0 Å². The molecule has 1 aliphatic heterocycles. The van der Waals surface area contributed by atoms with E-state index in [-0.39, 0.29) is 12.1 Å². The predicted molar refractivity (Wildman–Crippen MR) is 95.2 cm³/mol. The van der Waals surface area contributed by atoms with E-state index in [1.807, 2.05) is 51.1 Å². The van der Waals surface area contributed by atoms with Gasteiger partial charge >= 0.3 is 12.1 Å². The highest BCUT2D eigenvalue weighted by Gasteiger charge is 2.33. The highest BCUT2D eigenvalue weighted by molar-refractivity contribution is 5.77. The first-order valence-corrected chi connectivity index (χ1v) is 8.75. The van der Waals surface area contributed by atoms with Crippen LogP contribution in [0.3, 0.4) is 0 Å². The molecule has 0 N–H and O–H groups in total. The van der Waals surface area contributed by atoms with Crippen LogP contribution in [0.4, 0.5) is 4.79 Å². The van der Waals surface area contributed by atoms with Crippen molar-refractivity contribution in [3.8, 4) is 0 Å². The number of carbonyl (C=O) groups excluding carboxylic acids is 2. The summed E-state index contributed by atoms with van der Waals surface area (Å²) in [6, 6.07) is 9.18. The molecule has 0 aliphatic carbocycles. The van der Waals surface area contributed by atoms with Gasteiger partial charge in [-0.1, -0.05) is 30.3 Å². The zero-order valence-electron chi connectivity index (χ0n) is 15.5. The summed E-state index contributed by atoms with van der Waals surface area (Å²) in [5.74, 6) is -0.251. The van der Waals surface area contributed by atoms with Crippen molar-refractivity contribution in [2.75, 3.05) is 32.8 Å². The molecular formula is C19H28N2O4. The van der Waals surface area contributed by atoms with Gasteiger partial charge in [-0.05, 0) is 33.3 Å². The van der Waals surface area contributed by atoms with E-state index in [1.54, 1.807) is 11.8 Å². The second kappa shape index (κ2) is 8.34. The van der Waals surface area contributed by atoms with Gasteiger partial charge in [0.2, 0.25) is 0 Å². The van der Waals surface area contributed by atoms with Crippen LogP contribution in [0, 0.1) is 0 Å². The standard InChI is InChI=1S/C19H28N2O4/c1-5-24-17(22)16(15-9-7-6-8-10-15)20-11-13-21(14-12-20)18(23)25-19(2,3)4/h6-10,16H,5,11-14H2,1-4H3. The molecule has 1 aliphatic rings. The minimum absolute atomic E-state index is 0.251. The number of amides is 1. The van der Waals surface area contributed by atoms with Crippen LogP contribution >= 0.6 is 0 Å². The molecule has 1 fully saturated rings. The molecule has 25 heavy (non-hydrogen) atoms. The lowest BCUT2D eigenvalue weighted by Gasteiger charge is -2.38. The van der Waals surface area contributed by atoms with Crippen molar-refractivity contribution in [1.82, 2.24) is 9.80 Å². The average molecular weight is 348 g/mol. The Morgan fingerprint density at radius 1 is 1.08 bits per heavy atom. The van der Waals surface area contributed by atoms with Gasteiger partial charge in [-0.25, -0.2) is 9.59 Å². The summed E-state index contributed by atoms with van der Waals surface area (Å²) in [5, 5.41) is 0. The van der Waals surface area contributed by atoms with E-state index >= 15 is 0 Å². The SMILES string of the molecule is CCOC(=O)C(c1ccccc1)N1CCN(C(=O)OC(C)(C)C)CC1. The van der Waals surface area contributed by atoms with Crippen molar-refractivity contribution in [1.29, 1.82) is 0 Å². The lowest BCUT2D eigenvalue weighted by molar-refractivity contribution is -0.150. The highest BCUT2D eigenvalue weighted by Crippen LogP contribution is 2.24. The molecule has 0 radical (unpaired) electrons. The fourth-order valence-electron chi connectivity index (χ4n) is 2.84. The van der Waals surface area contributed by atoms with Crippen molar-refractivity contribution in [2.45, 2.75) is 39.3 Å². The van der Waals surface area contributed by atoms with Crippen LogP contribution in [0.1, 0.15) is 39.3 Å². The van der Waals surface area contributed by atoms with E-state index in [1.165, 1.54) is 0 Å². The zero-order chi connectivity index (χ0) is 18.4. The number of benzene rings is 1. The number of hydrogen-bond acceptors (Lipinski definition) is 5. The third-order valence-electron chi connectivity index (χ3n) is 3.96. The maximum absolute atomic E-state index is 12.5. The van der Waals surface area contributed by atoms with E-state index in [0.717, 1.165) is 5.56 Å². The molecule has 1 amide bonds. The number of carbonyl (C=O) groups is 2. The molecule has 2 rings (SSSR count). The quantitative estimate of drug-likeness (QED) is 0.783. The van der Waals surface area contributed by atoms with Gasteiger partial charge < -0.3 is 14.4 Å². The Balaban J connectivity index is 2.04. The molecule has 1 atom stereocenters. The number of esters is 1. The van der Waals surface area contributed by atoms with Crippen LogP contribution in [0.5, 0.6) is 0 Å². The Morgan fingerprint density at radius 3 is 2.20 bits per heavy atom. The van der Waals surface area contributed by atoms with E-state index in [9.17, 15) is 9.59 Å². The van der Waals surface area contributed by atoms with Gasteiger partial charge in [0, 0.05) is 26.2 Å². The minimum Gasteiger partial charge on any atom is -0.465 e. The van der Waals surface area contributed by atoms with Crippen LogP contribution in [-0.4, -0.2) is 60.2 Å². The first-order valence-electron chi connectivity index (χ1n) is 8.75. The van der Waals surface area contributed by atoms with Crippen molar-refractivity contribution in [2.24, 2.45) is 0 Å². The topological polar surface area (TPSA) is 59.1 Å². The fraction of sp³-hybridized carbons (Fsp3) is 0.579. The molecule has 6 heteroatoms. The second-order valence-corrected chi connectivity index (χ2v) is 7.07. The number of hydrogen-bond donors (Lipinski definition) is 0. The summed E-state index contributed by atoms with van der Waals surface area (Å²) in [5.41, 5.74) is 0.401. The molecule has 1 heterocycles. The average Bonchev–Trinajstić information content (AvgIpc) is 2.55. The number of rotatable bonds is 4. The minimum atomic E-state index is -0.508. The Labute approximate surface area is 149 Å². The molecule has 138 valence electrons. The Bertz CT molecular complexity index is 575. The fourth-order valence-corrected chi connectivity index (χ4v) is 2.84. The molecule has 6 nitrogen and oxygen atoms in total. The summed E-state index contributed by atoms with van der Waals surface area (Å²) in [6.07, 6.45) is -0.306. The lowest BCUT2D eigenvalue weighted by Crippen LogP contribution is -2.52. The van der Waals surface area contributed by atoms with Crippen LogP contribution in [-0.2, 0) is 14.3 Å². The van der Waals surface area contributed by atoms with E-state index in [2.05, 4.69) is 4.90 Å². The molecule has 0 saturated carbocycles. The number of piperazine rings is 1. The van der Waals surface area contributed by atoms with Gasteiger partial charge in [-0.15, -0.1) is 0 Å². The predicted octanol–water partition coefficient (Wildman–Crippen LogP) is 2.84. The summed E-state index contributed by atoms with van der Waals surface area (Å²) >= 11 is 0. The van der Waals surface area contributed by atoms with Crippen molar-refractivity contribution in [3.05, 3.63) is 35.9 Å². The monoisotopic (exact) mass is 348 g/mol. The lowest BCUT2D eigenvalue weighted by atomic mass is 10.0.